The van der Waals surface area contributed by atoms with Gasteiger partial charge in [0, 0.05) is 24.9 Å². The Kier molecular flexibility index (Phi) is 5.55. The summed E-state index contributed by atoms with van der Waals surface area (Å²) in [5, 5.41) is 3.35. The van der Waals surface area contributed by atoms with Crippen LogP contribution in [0.5, 0.6) is 0 Å². The van der Waals surface area contributed by atoms with Crippen LogP contribution in [0.4, 0.5) is 10.3 Å². The molecular weight excluding hydrogens is 339 g/mol. The predicted octanol–water partition coefficient (Wildman–Crippen LogP) is 5.83. The second-order valence-corrected chi connectivity index (χ2v) is 7.74. The fourth-order valence-corrected chi connectivity index (χ4v) is 4.18. The number of alkyl halides is 1. The van der Waals surface area contributed by atoms with E-state index in [0.29, 0.717) is 18.3 Å². The number of hydrogen-bond donors (Lipinski definition) is 1. The van der Waals surface area contributed by atoms with Crippen molar-refractivity contribution in [3.63, 3.8) is 0 Å². The molecule has 4 rings (SSSR count). The van der Waals surface area contributed by atoms with Gasteiger partial charge in [0.15, 0.2) is 0 Å². The van der Waals surface area contributed by atoms with Crippen LogP contribution in [0, 0.1) is 0 Å². The number of hydrogen-bond acceptors (Lipinski definition) is 3. The van der Waals surface area contributed by atoms with E-state index in [1.54, 1.807) is 6.08 Å². The lowest BCUT2D eigenvalue weighted by Crippen LogP contribution is -2.07. The molecule has 2 heterocycles. The molecule has 1 saturated carbocycles. The standard InChI is InChI=1S/C22H29FN4/c1-2-3-13-24-22-25-14-20-21(26-22)19(16-7-5-4-6-8-16)15-27(20)18-11-9-17(23)10-12-18/h9,11-12,14-17H,2-8,10,13H2,1H3,(H,24,25,26). The Hall–Kier alpha value is -2.17. The molecule has 0 aromatic carbocycles. The van der Waals surface area contributed by atoms with E-state index in [4.69, 9.17) is 4.98 Å². The van der Waals surface area contributed by atoms with Crippen molar-refractivity contribution < 1.29 is 4.39 Å². The normalized spacial score (nSPS) is 20.8. The summed E-state index contributed by atoms with van der Waals surface area (Å²) in [4.78, 5) is 9.42. The monoisotopic (exact) mass is 368 g/mol. The first-order valence-corrected chi connectivity index (χ1v) is 10.4. The zero-order chi connectivity index (χ0) is 18.6. The van der Waals surface area contributed by atoms with Crippen LogP contribution in [0.1, 0.15) is 69.8 Å². The van der Waals surface area contributed by atoms with Crippen LogP contribution in [0.15, 0.2) is 30.6 Å². The molecule has 5 heteroatoms. The number of halogens is 1. The smallest absolute Gasteiger partial charge is 0.223 e. The summed E-state index contributed by atoms with van der Waals surface area (Å²) in [6.45, 7) is 3.08. The quantitative estimate of drug-likeness (QED) is 0.652. The largest absolute Gasteiger partial charge is 0.354 e. The van der Waals surface area contributed by atoms with E-state index in [1.165, 1.54) is 37.7 Å². The lowest BCUT2D eigenvalue weighted by Gasteiger charge is -2.20. The number of nitrogens with zero attached hydrogens (tertiary/aromatic N) is 3. The Labute approximate surface area is 160 Å². The second-order valence-electron chi connectivity index (χ2n) is 7.74. The maximum Gasteiger partial charge on any atom is 0.223 e. The zero-order valence-corrected chi connectivity index (χ0v) is 16.1. The summed E-state index contributed by atoms with van der Waals surface area (Å²) in [7, 11) is 0. The molecule has 1 N–H and O–H groups in total. The van der Waals surface area contributed by atoms with Crippen LogP contribution in [0.3, 0.4) is 0 Å². The van der Waals surface area contributed by atoms with Gasteiger partial charge in [0.25, 0.3) is 0 Å². The molecule has 0 bridgehead atoms. The second kappa shape index (κ2) is 8.24. The molecule has 1 unspecified atom stereocenters. The first-order valence-electron chi connectivity index (χ1n) is 10.4. The predicted molar refractivity (Wildman–Crippen MR) is 110 cm³/mol. The van der Waals surface area contributed by atoms with E-state index in [1.807, 2.05) is 18.3 Å². The van der Waals surface area contributed by atoms with E-state index < -0.39 is 6.17 Å². The topological polar surface area (TPSA) is 42.7 Å². The maximum absolute atomic E-state index is 13.5. The third-order valence-electron chi connectivity index (χ3n) is 5.74. The maximum atomic E-state index is 13.5. The highest BCUT2D eigenvalue weighted by atomic mass is 19.1. The Morgan fingerprint density at radius 1 is 1.26 bits per heavy atom. The van der Waals surface area contributed by atoms with Gasteiger partial charge in [-0.05, 0) is 42.9 Å². The van der Waals surface area contributed by atoms with Gasteiger partial charge in [-0.2, -0.15) is 0 Å². The number of fused-ring (bicyclic) bond motifs is 1. The van der Waals surface area contributed by atoms with E-state index in [0.717, 1.165) is 36.1 Å². The Bertz CT molecular complexity index is 845. The average molecular weight is 368 g/mol. The van der Waals surface area contributed by atoms with Crippen LogP contribution < -0.4 is 5.32 Å². The van der Waals surface area contributed by atoms with Crippen molar-refractivity contribution in [2.24, 2.45) is 0 Å². The molecule has 0 radical (unpaired) electrons. The van der Waals surface area contributed by atoms with E-state index in [2.05, 4.69) is 28.0 Å². The first kappa shape index (κ1) is 18.2. The molecule has 0 aliphatic heterocycles. The Morgan fingerprint density at radius 3 is 2.85 bits per heavy atom. The summed E-state index contributed by atoms with van der Waals surface area (Å²) in [5.74, 6) is 1.27. The number of anilines is 1. The molecule has 27 heavy (non-hydrogen) atoms. The third kappa shape index (κ3) is 3.92. The zero-order valence-electron chi connectivity index (χ0n) is 16.1. The molecule has 2 aliphatic carbocycles. The van der Waals surface area contributed by atoms with Crippen molar-refractivity contribution in [3.8, 4) is 0 Å². The minimum atomic E-state index is -0.876. The Balaban J connectivity index is 1.73. The molecule has 144 valence electrons. The number of nitrogens with one attached hydrogen (secondary N) is 1. The minimum absolute atomic E-state index is 0.432. The van der Waals surface area contributed by atoms with Crippen LogP contribution >= 0.6 is 0 Å². The summed E-state index contributed by atoms with van der Waals surface area (Å²) in [6, 6.07) is 0. The molecule has 1 atom stereocenters. The molecule has 2 aromatic heterocycles. The summed E-state index contributed by atoms with van der Waals surface area (Å²) in [5.41, 5.74) is 4.41. The van der Waals surface area contributed by atoms with Gasteiger partial charge >= 0.3 is 0 Å². The number of aromatic nitrogens is 3. The van der Waals surface area contributed by atoms with Crippen molar-refractivity contribution in [2.45, 2.75) is 70.4 Å². The van der Waals surface area contributed by atoms with Crippen LogP contribution in [0.25, 0.3) is 16.7 Å². The number of unbranched alkanes of at least 4 members (excludes halogenated alkanes) is 1. The molecule has 1 fully saturated rings. The molecular formula is C22H29FN4. The van der Waals surface area contributed by atoms with E-state index in [-0.39, 0.29) is 0 Å². The highest BCUT2D eigenvalue weighted by Gasteiger charge is 2.23. The van der Waals surface area contributed by atoms with Crippen molar-refractivity contribution in [2.75, 3.05) is 11.9 Å². The minimum Gasteiger partial charge on any atom is -0.354 e. The van der Waals surface area contributed by atoms with Crippen LogP contribution in [-0.4, -0.2) is 27.3 Å². The van der Waals surface area contributed by atoms with Crippen molar-refractivity contribution in [1.82, 2.24) is 14.5 Å². The highest BCUT2D eigenvalue weighted by Crippen LogP contribution is 2.38. The van der Waals surface area contributed by atoms with Gasteiger partial charge < -0.3 is 9.88 Å². The fourth-order valence-electron chi connectivity index (χ4n) is 4.18. The number of rotatable bonds is 6. The molecule has 0 amide bonds. The summed E-state index contributed by atoms with van der Waals surface area (Å²) >= 11 is 0. The molecule has 2 aromatic rings. The van der Waals surface area contributed by atoms with E-state index >= 15 is 0 Å². The summed E-state index contributed by atoms with van der Waals surface area (Å²) in [6.07, 6.45) is 17.8. The molecule has 4 nitrogen and oxygen atoms in total. The van der Waals surface area contributed by atoms with Gasteiger partial charge in [-0.1, -0.05) is 38.7 Å². The van der Waals surface area contributed by atoms with Crippen LogP contribution in [0.2, 0.25) is 0 Å². The van der Waals surface area contributed by atoms with Gasteiger partial charge in [0.05, 0.1) is 17.2 Å². The van der Waals surface area contributed by atoms with Gasteiger partial charge in [0.1, 0.15) is 6.17 Å². The average Bonchev–Trinajstić information content (AvgIpc) is 3.08. The Morgan fingerprint density at radius 2 is 2.11 bits per heavy atom. The third-order valence-corrected chi connectivity index (χ3v) is 5.74. The molecule has 0 saturated heterocycles. The van der Waals surface area contributed by atoms with Gasteiger partial charge in [-0.3, -0.25) is 0 Å². The first-order chi connectivity index (χ1) is 13.3. The SMILES string of the molecule is CCCCNc1ncc2c(n1)c(C1CCCCC1)cn2C1=CCC(F)C=C1. The molecule has 2 aliphatic rings. The summed E-state index contributed by atoms with van der Waals surface area (Å²) < 4.78 is 15.7. The van der Waals surface area contributed by atoms with E-state index in [9.17, 15) is 4.39 Å². The van der Waals surface area contributed by atoms with Crippen LogP contribution in [-0.2, 0) is 0 Å². The lowest BCUT2D eigenvalue weighted by atomic mass is 9.85. The van der Waals surface area contributed by atoms with Crippen molar-refractivity contribution >= 4 is 22.7 Å². The fraction of sp³-hybridized carbons (Fsp3) is 0.545. The van der Waals surface area contributed by atoms with Crippen molar-refractivity contribution in [3.05, 3.63) is 36.2 Å². The van der Waals surface area contributed by atoms with Gasteiger partial charge in [-0.25, -0.2) is 14.4 Å². The highest BCUT2D eigenvalue weighted by molar-refractivity contribution is 5.85. The van der Waals surface area contributed by atoms with Gasteiger partial charge in [-0.15, -0.1) is 0 Å². The van der Waals surface area contributed by atoms with Crippen molar-refractivity contribution in [1.29, 1.82) is 0 Å². The number of allylic oxidation sites excluding steroid dienone is 4. The van der Waals surface area contributed by atoms with Gasteiger partial charge in [0.2, 0.25) is 5.95 Å². The molecule has 0 spiro atoms. The lowest BCUT2D eigenvalue weighted by molar-refractivity contribution is 0.402.